The highest BCUT2D eigenvalue weighted by Gasteiger charge is 2.47. The van der Waals surface area contributed by atoms with Crippen molar-refractivity contribution in [3.8, 4) is 0 Å². The van der Waals surface area contributed by atoms with Crippen LogP contribution < -0.4 is 10.7 Å². The Morgan fingerprint density at radius 3 is 2.61 bits per heavy atom. The standard InChI is InChI=1S/C28H31N4O7PS/c33-20-8-9-29-22(12-20)18-13-31(14-18)28(36)23-6-5-19-2-1-3-21(27(35)32(19)23)30-26(34)25-11-17-10-16(15-40(37,38)39)4-7-24(17)41-25/h4,7-12,18-19,21,23H,1-3,5-6,13-15H2,(H,29,33)(H,30,34)(H2,37,38,39)/t19-,21-,23-/m0/s1. The molecule has 2 aromatic heterocycles. The van der Waals surface area contributed by atoms with Crippen LogP contribution in [0.25, 0.3) is 10.1 Å². The highest BCUT2D eigenvalue weighted by molar-refractivity contribution is 7.50. The maximum absolute atomic E-state index is 13.7. The van der Waals surface area contributed by atoms with Crippen LogP contribution in [0.2, 0.25) is 0 Å². The minimum Gasteiger partial charge on any atom is -0.364 e. The number of benzene rings is 1. The Hall–Kier alpha value is -3.31. The average Bonchev–Trinajstić information content (AvgIpc) is 3.46. The molecule has 3 aliphatic heterocycles. The van der Waals surface area contributed by atoms with Gasteiger partial charge in [-0.3, -0.25) is 23.7 Å². The molecule has 5 heterocycles. The number of pyridine rings is 1. The zero-order valence-corrected chi connectivity index (χ0v) is 23.9. The number of hydrogen-bond donors (Lipinski definition) is 4. The van der Waals surface area contributed by atoms with Crippen LogP contribution in [0, 0.1) is 0 Å². The van der Waals surface area contributed by atoms with E-state index in [1.807, 2.05) is 0 Å². The van der Waals surface area contributed by atoms with Gasteiger partial charge in [-0.1, -0.05) is 6.07 Å². The molecule has 6 rings (SSSR count). The third kappa shape index (κ3) is 5.74. The third-order valence-electron chi connectivity index (χ3n) is 8.30. The summed E-state index contributed by atoms with van der Waals surface area (Å²) in [5.74, 6) is -0.640. The molecule has 0 saturated carbocycles. The molecule has 0 unspecified atom stereocenters. The molecule has 0 radical (unpaired) electrons. The first-order chi connectivity index (χ1) is 19.6. The van der Waals surface area contributed by atoms with Gasteiger partial charge in [0.15, 0.2) is 5.43 Å². The lowest BCUT2D eigenvalue weighted by Crippen LogP contribution is -2.58. The van der Waals surface area contributed by atoms with E-state index in [9.17, 15) is 33.5 Å². The summed E-state index contributed by atoms with van der Waals surface area (Å²) in [4.78, 5) is 77.6. The average molecular weight is 599 g/mol. The fraction of sp³-hybridized carbons (Fsp3) is 0.429. The molecule has 3 saturated heterocycles. The van der Waals surface area contributed by atoms with Gasteiger partial charge in [-0.25, -0.2) is 0 Å². The summed E-state index contributed by atoms with van der Waals surface area (Å²) in [5.41, 5.74) is 1.21. The molecule has 3 atom stereocenters. The molecule has 3 aliphatic rings. The van der Waals surface area contributed by atoms with Gasteiger partial charge >= 0.3 is 7.60 Å². The number of fused-ring (bicyclic) bond motifs is 2. The second-order valence-electron chi connectivity index (χ2n) is 11.2. The van der Waals surface area contributed by atoms with Crippen LogP contribution in [-0.2, 0) is 20.3 Å². The van der Waals surface area contributed by atoms with Gasteiger partial charge in [0.05, 0.1) is 11.0 Å². The summed E-state index contributed by atoms with van der Waals surface area (Å²) in [7, 11) is -4.22. The van der Waals surface area contributed by atoms with E-state index in [0.717, 1.165) is 29.7 Å². The van der Waals surface area contributed by atoms with E-state index in [1.165, 1.54) is 17.4 Å². The largest absolute Gasteiger partial charge is 0.364 e. The second-order valence-corrected chi connectivity index (χ2v) is 13.9. The highest BCUT2D eigenvalue weighted by atomic mass is 32.1. The highest BCUT2D eigenvalue weighted by Crippen LogP contribution is 2.40. The van der Waals surface area contributed by atoms with E-state index >= 15 is 0 Å². The molecular weight excluding hydrogens is 567 g/mol. The number of nitrogens with one attached hydrogen (secondary N) is 2. The quantitative estimate of drug-likeness (QED) is 0.317. The van der Waals surface area contributed by atoms with Crippen LogP contribution >= 0.6 is 18.9 Å². The number of H-pyrrole nitrogens is 1. The number of aromatic amines is 1. The smallest absolute Gasteiger partial charge is 0.329 e. The van der Waals surface area contributed by atoms with Crippen molar-refractivity contribution in [3.05, 3.63) is 69.0 Å². The number of nitrogens with zero attached hydrogens (tertiary/aromatic N) is 2. The van der Waals surface area contributed by atoms with Crippen LogP contribution in [0.5, 0.6) is 0 Å². The summed E-state index contributed by atoms with van der Waals surface area (Å²) >= 11 is 1.25. The lowest BCUT2D eigenvalue weighted by atomic mass is 9.94. The molecule has 216 valence electrons. The fourth-order valence-corrected chi connectivity index (χ4v) is 7.89. The fourth-order valence-electron chi connectivity index (χ4n) is 6.27. The lowest BCUT2D eigenvalue weighted by molar-refractivity contribution is -0.148. The van der Waals surface area contributed by atoms with Gasteiger partial charge in [0.25, 0.3) is 5.91 Å². The van der Waals surface area contributed by atoms with Gasteiger partial charge < -0.3 is 29.9 Å². The number of aromatic nitrogens is 1. The zero-order valence-electron chi connectivity index (χ0n) is 22.2. The van der Waals surface area contributed by atoms with Crippen LogP contribution in [0.1, 0.15) is 59.0 Å². The summed E-state index contributed by atoms with van der Waals surface area (Å²) in [5, 5.41) is 3.60. The molecule has 4 N–H and O–H groups in total. The van der Waals surface area contributed by atoms with Gasteiger partial charge in [0.2, 0.25) is 11.8 Å². The Balaban J connectivity index is 1.13. The summed E-state index contributed by atoms with van der Waals surface area (Å²) in [6, 6.07) is 8.39. The molecule has 3 amide bonds. The van der Waals surface area contributed by atoms with Crippen molar-refractivity contribution in [3.63, 3.8) is 0 Å². The van der Waals surface area contributed by atoms with E-state index in [2.05, 4.69) is 10.3 Å². The summed E-state index contributed by atoms with van der Waals surface area (Å²) < 4.78 is 12.2. The minimum absolute atomic E-state index is 0.0299. The maximum atomic E-state index is 13.7. The van der Waals surface area contributed by atoms with E-state index < -0.39 is 19.7 Å². The van der Waals surface area contributed by atoms with Crippen LogP contribution in [0.4, 0.5) is 0 Å². The van der Waals surface area contributed by atoms with E-state index in [0.29, 0.717) is 41.8 Å². The Kier molecular flexibility index (Phi) is 7.35. The first-order valence-corrected chi connectivity index (χ1v) is 16.3. The van der Waals surface area contributed by atoms with Crippen molar-refractivity contribution < 1.29 is 28.7 Å². The van der Waals surface area contributed by atoms with Crippen molar-refractivity contribution in [2.45, 2.75) is 62.3 Å². The van der Waals surface area contributed by atoms with Crippen molar-refractivity contribution in [1.29, 1.82) is 0 Å². The van der Waals surface area contributed by atoms with E-state index in [-0.39, 0.29) is 41.3 Å². The predicted octanol–water partition coefficient (Wildman–Crippen LogP) is 2.54. The van der Waals surface area contributed by atoms with Crippen molar-refractivity contribution >= 4 is 46.7 Å². The van der Waals surface area contributed by atoms with Crippen molar-refractivity contribution in [2.75, 3.05) is 13.1 Å². The SMILES string of the molecule is O=C(N[C@H]1CCC[C@H]2CC[C@@H](C(=O)N3CC(c4cc(=O)cc[nH]4)C3)N2C1=O)c1cc2cc(CP(=O)(O)O)ccc2s1. The monoisotopic (exact) mass is 598 g/mol. The first-order valence-electron chi connectivity index (χ1n) is 13.7. The van der Waals surface area contributed by atoms with Crippen LogP contribution in [0.3, 0.4) is 0 Å². The molecular formula is C28H31N4O7PS. The van der Waals surface area contributed by atoms with E-state index in [1.54, 1.807) is 46.3 Å². The molecule has 0 spiro atoms. The Bertz CT molecular complexity index is 1620. The molecule has 41 heavy (non-hydrogen) atoms. The predicted molar refractivity (Wildman–Crippen MR) is 153 cm³/mol. The Labute approximate surface area is 239 Å². The van der Waals surface area contributed by atoms with Crippen molar-refractivity contribution in [1.82, 2.24) is 20.1 Å². The molecule has 0 bridgehead atoms. The first kappa shape index (κ1) is 27.8. The van der Waals surface area contributed by atoms with Crippen LogP contribution in [-0.4, -0.2) is 73.5 Å². The summed E-state index contributed by atoms with van der Waals surface area (Å²) in [6.07, 6.45) is 4.59. The lowest BCUT2D eigenvalue weighted by Gasteiger charge is -2.42. The third-order valence-corrected chi connectivity index (χ3v) is 10.2. The minimum atomic E-state index is -4.22. The van der Waals surface area contributed by atoms with Gasteiger partial charge in [-0.05, 0) is 61.3 Å². The second kappa shape index (κ2) is 10.8. The zero-order chi connectivity index (χ0) is 28.9. The molecule has 0 aliphatic carbocycles. The van der Waals surface area contributed by atoms with Gasteiger partial charge in [-0.15, -0.1) is 11.3 Å². The van der Waals surface area contributed by atoms with E-state index in [4.69, 9.17) is 0 Å². The Morgan fingerprint density at radius 2 is 1.85 bits per heavy atom. The number of carbonyl (C=O) groups excluding carboxylic acids is 3. The van der Waals surface area contributed by atoms with Gasteiger partial charge in [-0.2, -0.15) is 0 Å². The molecule has 3 aromatic rings. The molecule has 1 aromatic carbocycles. The number of thiophene rings is 1. The maximum Gasteiger partial charge on any atom is 0.329 e. The topological polar surface area (TPSA) is 160 Å². The molecule has 3 fully saturated rings. The normalized spacial score (nSPS) is 23.3. The summed E-state index contributed by atoms with van der Waals surface area (Å²) in [6.45, 7) is 0.980. The van der Waals surface area contributed by atoms with Gasteiger partial charge in [0, 0.05) is 53.8 Å². The molecule has 13 heteroatoms. The molecule has 11 nitrogen and oxygen atoms in total. The number of amides is 3. The number of likely N-dealkylation sites (tertiary alicyclic amines) is 1. The van der Waals surface area contributed by atoms with Gasteiger partial charge in [0.1, 0.15) is 12.1 Å². The Morgan fingerprint density at radius 1 is 1.05 bits per heavy atom. The van der Waals surface area contributed by atoms with Crippen molar-refractivity contribution in [2.24, 2.45) is 0 Å². The number of carbonyl (C=O) groups is 3. The number of rotatable bonds is 6. The number of hydrogen-bond acceptors (Lipinski definition) is 6. The van der Waals surface area contributed by atoms with Crippen LogP contribution in [0.15, 0.2) is 47.4 Å².